The monoisotopic (exact) mass is 167 g/mol. The lowest BCUT2D eigenvalue weighted by Gasteiger charge is -2.16. The lowest BCUT2D eigenvalue weighted by molar-refractivity contribution is 0.438. The molecule has 0 aromatic carbocycles. The maximum Gasteiger partial charge on any atom is 0.0935 e. The van der Waals surface area contributed by atoms with E-state index in [-0.39, 0.29) is 6.04 Å². The maximum atomic E-state index is 5.98. The van der Waals surface area contributed by atoms with Gasteiger partial charge in [0, 0.05) is 6.04 Å². The van der Waals surface area contributed by atoms with Crippen LogP contribution in [0.25, 0.3) is 0 Å². The van der Waals surface area contributed by atoms with Crippen molar-refractivity contribution in [2.24, 2.45) is 11.7 Å². The fourth-order valence-corrected chi connectivity index (χ4v) is 1.18. The number of hydrogen-bond donors (Lipinski definition) is 1. The first-order valence-electron chi connectivity index (χ1n) is 4.50. The van der Waals surface area contributed by atoms with Crippen molar-refractivity contribution in [2.45, 2.75) is 32.7 Å². The van der Waals surface area contributed by atoms with Gasteiger partial charge in [0.2, 0.25) is 0 Å². The summed E-state index contributed by atoms with van der Waals surface area (Å²) < 4.78 is 4.97. The molecular formula is C10H17NO. The van der Waals surface area contributed by atoms with Gasteiger partial charge in [-0.2, -0.15) is 0 Å². The molecule has 0 saturated carbocycles. The second-order valence-corrected chi connectivity index (χ2v) is 3.39. The fourth-order valence-electron chi connectivity index (χ4n) is 1.18. The highest BCUT2D eigenvalue weighted by atomic mass is 16.3. The highest BCUT2D eigenvalue weighted by Gasteiger charge is 2.11. The van der Waals surface area contributed by atoms with Crippen LogP contribution in [-0.4, -0.2) is 6.04 Å². The van der Waals surface area contributed by atoms with Gasteiger partial charge in [-0.3, -0.25) is 0 Å². The van der Waals surface area contributed by atoms with E-state index in [1.165, 1.54) is 5.56 Å². The molecule has 0 spiro atoms. The molecular weight excluding hydrogens is 150 g/mol. The van der Waals surface area contributed by atoms with Crippen molar-refractivity contribution in [2.75, 3.05) is 0 Å². The minimum absolute atomic E-state index is 0.257. The number of nitrogens with two attached hydrogens (primary N) is 1. The van der Waals surface area contributed by atoms with Crippen LogP contribution in [0.5, 0.6) is 0 Å². The Hall–Kier alpha value is -0.760. The molecule has 0 bridgehead atoms. The SMILES string of the molecule is CCC(C)C(N)Cc1ccoc1. The van der Waals surface area contributed by atoms with Gasteiger partial charge in [0.25, 0.3) is 0 Å². The van der Waals surface area contributed by atoms with Gasteiger partial charge in [-0.05, 0) is 24.0 Å². The summed E-state index contributed by atoms with van der Waals surface area (Å²) in [5, 5.41) is 0. The van der Waals surface area contributed by atoms with E-state index in [2.05, 4.69) is 13.8 Å². The van der Waals surface area contributed by atoms with Crippen LogP contribution < -0.4 is 5.73 Å². The summed E-state index contributed by atoms with van der Waals surface area (Å²) in [5.74, 6) is 0.583. The average molecular weight is 167 g/mol. The second kappa shape index (κ2) is 4.31. The third-order valence-electron chi connectivity index (χ3n) is 2.43. The van der Waals surface area contributed by atoms with Crippen LogP contribution in [0.2, 0.25) is 0 Å². The van der Waals surface area contributed by atoms with Crippen molar-refractivity contribution < 1.29 is 4.42 Å². The summed E-state index contributed by atoms with van der Waals surface area (Å²) in [6.07, 6.45) is 5.52. The molecule has 1 heterocycles. The molecule has 2 unspecified atom stereocenters. The van der Waals surface area contributed by atoms with Crippen LogP contribution >= 0.6 is 0 Å². The number of hydrogen-bond acceptors (Lipinski definition) is 2. The van der Waals surface area contributed by atoms with Crippen LogP contribution in [0, 0.1) is 5.92 Å². The van der Waals surface area contributed by atoms with Crippen LogP contribution in [-0.2, 0) is 6.42 Å². The van der Waals surface area contributed by atoms with Gasteiger partial charge in [0.05, 0.1) is 12.5 Å². The lowest BCUT2D eigenvalue weighted by atomic mass is 9.95. The van der Waals surface area contributed by atoms with E-state index in [4.69, 9.17) is 10.2 Å². The molecule has 0 fully saturated rings. The molecule has 2 heteroatoms. The van der Waals surface area contributed by atoms with Crippen molar-refractivity contribution in [1.29, 1.82) is 0 Å². The van der Waals surface area contributed by atoms with Crippen molar-refractivity contribution in [3.63, 3.8) is 0 Å². The van der Waals surface area contributed by atoms with Crippen LogP contribution in [0.4, 0.5) is 0 Å². The van der Waals surface area contributed by atoms with Gasteiger partial charge in [0.15, 0.2) is 0 Å². The third-order valence-corrected chi connectivity index (χ3v) is 2.43. The lowest BCUT2D eigenvalue weighted by Crippen LogP contribution is -2.29. The van der Waals surface area contributed by atoms with E-state index >= 15 is 0 Å². The summed E-state index contributed by atoms with van der Waals surface area (Å²) in [4.78, 5) is 0. The molecule has 2 nitrogen and oxygen atoms in total. The summed E-state index contributed by atoms with van der Waals surface area (Å²) in [6, 6.07) is 2.23. The Morgan fingerprint density at radius 3 is 2.83 bits per heavy atom. The van der Waals surface area contributed by atoms with Crippen LogP contribution in [0.1, 0.15) is 25.8 Å². The van der Waals surface area contributed by atoms with E-state index < -0.39 is 0 Å². The van der Waals surface area contributed by atoms with Gasteiger partial charge in [-0.25, -0.2) is 0 Å². The smallest absolute Gasteiger partial charge is 0.0935 e. The summed E-state index contributed by atoms with van der Waals surface area (Å²) in [7, 11) is 0. The Bertz CT molecular complexity index is 206. The Morgan fingerprint density at radius 1 is 1.58 bits per heavy atom. The molecule has 0 aliphatic carbocycles. The molecule has 12 heavy (non-hydrogen) atoms. The van der Waals surface area contributed by atoms with E-state index in [1.54, 1.807) is 12.5 Å². The Kier molecular flexibility index (Phi) is 3.35. The quantitative estimate of drug-likeness (QED) is 0.746. The second-order valence-electron chi connectivity index (χ2n) is 3.39. The fraction of sp³-hybridized carbons (Fsp3) is 0.600. The summed E-state index contributed by atoms with van der Waals surface area (Å²) in [5.41, 5.74) is 7.17. The molecule has 0 amide bonds. The van der Waals surface area contributed by atoms with E-state index in [1.807, 2.05) is 6.07 Å². The standard InChI is InChI=1S/C10H17NO/c1-3-8(2)10(11)6-9-4-5-12-7-9/h4-5,7-8,10H,3,6,11H2,1-2H3. The van der Waals surface area contributed by atoms with Gasteiger partial charge in [-0.15, -0.1) is 0 Å². The van der Waals surface area contributed by atoms with E-state index in [0.29, 0.717) is 5.92 Å². The minimum atomic E-state index is 0.257. The van der Waals surface area contributed by atoms with Crippen molar-refractivity contribution in [1.82, 2.24) is 0 Å². The van der Waals surface area contributed by atoms with Crippen molar-refractivity contribution >= 4 is 0 Å². The molecule has 1 aromatic rings. The molecule has 0 radical (unpaired) electrons. The Balaban J connectivity index is 2.41. The zero-order chi connectivity index (χ0) is 8.97. The highest BCUT2D eigenvalue weighted by Crippen LogP contribution is 2.11. The normalized spacial score (nSPS) is 15.9. The van der Waals surface area contributed by atoms with Crippen LogP contribution in [0.3, 0.4) is 0 Å². The molecule has 68 valence electrons. The first kappa shape index (κ1) is 9.33. The predicted octanol–water partition coefficient (Wildman–Crippen LogP) is 2.20. The predicted molar refractivity (Wildman–Crippen MR) is 49.8 cm³/mol. The van der Waals surface area contributed by atoms with Gasteiger partial charge in [-0.1, -0.05) is 20.3 Å². The number of rotatable bonds is 4. The average Bonchev–Trinajstić information content (AvgIpc) is 2.55. The highest BCUT2D eigenvalue weighted by molar-refractivity contribution is 5.07. The number of furan rings is 1. The van der Waals surface area contributed by atoms with Gasteiger partial charge in [0.1, 0.15) is 0 Å². The first-order valence-corrected chi connectivity index (χ1v) is 4.50. The molecule has 0 aliphatic heterocycles. The topological polar surface area (TPSA) is 39.2 Å². The van der Waals surface area contributed by atoms with Crippen molar-refractivity contribution in [3.8, 4) is 0 Å². The third kappa shape index (κ3) is 2.38. The van der Waals surface area contributed by atoms with Crippen molar-refractivity contribution in [3.05, 3.63) is 24.2 Å². The van der Waals surface area contributed by atoms with Gasteiger partial charge >= 0.3 is 0 Å². The summed E-state index contributed by atoms with van der Waals surface area (Å²) >= 11 is 0. The largest absolute Gasteiger partial charge is 0.472 e. The Morgan fingerprint density at radius 2 is 2.33 bits per heavy atom. The Labute approximate surface area is 73.8 Å². The van der Waals surface area contributed by atoms with E-state index in [0.717, 1.165) is 12.8 Å². The maximum absolute atomic E-state index is 5.98. The van der Waals surface area contributed by atoms with Crippen LogP contribution in [0.15, 0.2) is 23.0 Å². The minimum Gasteiger partial charge on any atom is -0.472 e. The molecule has 1 aromatic heterocycles. The zero-order valence-electron chi connectivity index (χ0n) is 7.79. The summed E-state index contributed by atoms with van der Waals surface area (Å²) in [6.45, 7) is 4.35. The molecule has 0 saturated heterocycles. The molecule has 2 N–H and O–H groups in total. The van der Waals surface area contributed by atoms with Gasteiger partial charge < -0.3 is 10.2 Å². The zero-order valence-corrected chi connectivity index (χ0v) is 7.79. The molecule has 0 aliphatic rings. The molecule has 2 atom stereocenters. The molecule has 1 rings (SSSR count). The van der Waals surface area contributed by atoms with E-state index in [9.17, 15) is 0 Å². The first-order chi connectivity index (χ1) is 5.74.